The number of nitrogens with one attached hydrogen (secondary N) is 1. The Hall–Kier alpha value is -1.75. The van der Waals surface area contributed by atoms with Crippen LogP contribution in [0.4, 0.5) is 8.78 Å². The number of hydrogen-bond acceptors (Lipinski definition) is 2. The molecule has 1 unspecified atom stereocenters. The molecule has 1 atom stereocenters. The number of benzene rings is 1. The molecule has 2 rings (SSSR count). The molecule has 2 aromatic rings. The quantitative estimate of drug-likeness (QED) is 0.879. The molecular formula is C15H19F2N3. The Balaban J connectivity index is 2.44. The van der Waals surface area contributed by atoms with Gasteiger partial charge in [-0.05, 0) is 32.0 Å². The van der Waals surface area contributed by atoms with Gasteiger partial charge in [-0.25, -0.2) is 8.78 Å². The van der Waals surface area contributed by atoms with Crippen molar-refractivity contribution >= 4 is 0 Å². The van der Waals surface area contributed by atoms with Crippen LogP contribution in [0.5, 0.6) is 0 Å². The largest absolute Gasteiger partial charge is 0.305 e. The molecule has 108 valence electrons. The predicted octanol–water partition coefficient (Wildman–Crippen LogP) is 3.27. The van der Waals surface area contributed by atoms with Gasteiger partial charge in [0, 0.05) is 18.3 Å². The zero-order valence-corrected chi connectivity index (χ0v) is 11.7. The molecule has 5 heteroatoms. The molecule has 1 heterocycles. The van der Waals surface area contributed by atoms with E-state index >= 15 is 0 Å². The molecule has 1 aromatic heterocycles. The van der Waals surface area contributed by atoms with Crippen LogP contribution in [0.3, 0.4) is 0 Å². The second kappa shape index (κ2) is 6.61. The van der Waals surface area contributed by atoms with Crippen molar-refractivity contribution in [3.05, 3.63) is 53.4 Å². The van der Waals surface area contributed by atoms with E-state index in [0.29, 0.717) is 12.1 Å². The maximum atomic E-state index is 14.1. The topological polar surface area (TPSA) is 29.9 Å². The minimum atomic E-state index is -0.826. The third-order valence-corrected chi connectivity index (χ3v) is 3.24. The number of halogens is 2. The van der Waals surface area contributed by atoms with Gasteiger partial charge >= 0.3 is 0 Å². The minimum Gasteiger partial charge on any atom is -0.305 e. The van der Waals surface area contributed by atoms with E-state index in [1.54, 1.807) is 16.9 Å². The summed E-state index contributed by atoms with van der Waals surface area (Å²) < 4.78 is 29.3. The van der Waals surface area contributed by atoms with Crippen LogP contribution in [0.2, 0.25) is 0 Å². The second-order valence-electron chi connectivity index (χ2n) is 4.60. The highest BCUT2D eigenvalue weighted by molar-refractivity contribution is 5.29. The van der Waals surface area contributed by atoms with E-state index in [0.717, 1.165) is 24.7 Å². The van der Waals surface area contributed by atoms with Crippen LogP contribution in [-0.2, 0) is 6.54 Å². The van der Waals surface area contributed by atoms with Gasteiger partial charge in [-0.2, -0.15) is 5.10 Å². The smallest absolute Gasteiger partial charge is 0.163 e. The lowest BCUT2D eigenvalue weighted by molar-refractivity contribution is 0.467. The highest BCUT2D eigenvalue weighted by Crippen LogP contribution is 2.25. The predicted molar refractivity (Wildman–Crippen MR) is 74.4 cm³/mol. The van der Waals surface area contributed by atoms with Gasteiger partial charge < -0.3 is 5.32 Å². The van der Waals surface area contributed by atoms with Gasteiger partial charge in [0.2, 0.25) is 0 Å². The van der Waals surface area contributed by atoms with Crippen molar-refractivity contribution in [2.75, 3.05) is 6.54 Å². The lowest BCUT2D eigenvalue weighted by Gasteiger charge is -2.20. The molecule has 0 fully saturated rings. The van der Waals surface area contributed by atoms with Gasteiger partial charge in [0.05, 0.1) is 11.7 Å². The summed E-state index contributed by atoms with van der Waals surface area (Å²) in [5, 5.41) is 7.47. The number of aryl methyl sites for hydroxylation is 1. The Morgan fingerprint density at radius 3 is 2.75 bits per heavy atom. The van der Waals surface area contributed by atoms with Gasteiger partial charge in [-0.15, -0.1) is 0 Å². The lowest BCUT2D eigenvalue weighted by atomic mass is 10.0. The summed E-state index contributed by atoms with van der Waals surface area (Å²) in [4.78, 5) is 0. The van der Waals surface area contributed by atoms with Crippen molar-refractivity contribution in [3.63, 3.8) is 0 Å². The van der Waals surface area contributed by atoms with Crippen LogP contribution in [0, 0.1) is 11.6 Å². The SMILES string of the molecule is CCCNC(c1cccc(F)c1F)c1ccnn1CC. The van der Waals surface area contributed by atoms with Crippen molar-refractivity contribution in [1.82, 2.24) is 15.1 Å². The molecule has 20 heavy (non-hydrogen) atoms. The van der Waals surface area contributed by atoms with E-state index in [-0.39, 0.29) is 0 Å². The average molecular weight is 279 g/mol. The van der Waals surface area contributed by atoms with Gasteiger partial charge in [-0.3, -0.25) is 4.68 Å². The zero-order valence-electron chi connectivity index (χ0n) is 11.7. The van der Waals surface area contributed by atoms with Crippen molar-refractivity contribution < 1.29 is 8.78 Å². The number of aromatic nitrogens is 2. The van der Waals surface area contributed by atoms with E-state index in [2.05, 4.69) is 10.4 Å². The number of rotatable bonds is 6. The average Bonchev–Trinajstić information content (AvgIpc) is 2.92. The summed E-state index contributed by atoms with van der Waals surface area (Å²) in [6.45, 7) is 5.40. The first kappa shape index (κ1) is 14.7. The summed E-state index contributed by atoms with van der Waals surface area (Å²) in [6, 6.07) is 5.71. The normalized spacial score (nSPS) is 12.6. The Labute approximate surface area is 117 Å². The number of hydrogen-bond donors (Lipinski definition) is 1. The van der Waals surface area contributed by atoms with Crippen molar-refractivity contribution in [2.24, 2.45) is 0 Å². The van der Waals surface area contributed by atoms with Gasteiger partial charge in [-0.1, -0.05) is 19.1 Å². The Bertz CT molecular complexity index is 566. The fraction of sp³-hybridized carbons (Fsp3) is 0.400. The minimum absolute atomic E-state index is 0.314. The maximum absolute atomic E-state index is 14.1. The van der Waals surface area contributed by atoms with Crippen LogP contribution in [0.1, 0.15) is 37.6 Å². The first-order valence-corrected chi connectivity index (χ1v) is 6.88. The molecule has 0 aliphatic heterocycles. The fourth-order valence-corrected chi connectivity index (χ4v) is 2.26. The van der Waals surface area contributed by atoms with Crippen molar-refractivity contribution in [2.45, 2.75) is 32.9 Å². The van der Waals surface area contributed by atoms with Crippen LogP contribution in [0.15, 0.2) is 30.5 Å². The third kappa shape index (κ3) is 2.88. The summed E-state index contributed by atoms with van der Waals surface area (Å²) in [5.41, 5.74) is 1.15. The van der Waals surface area contributed by atoms with Crippen LogP contribution >= 0.6 is 0 Å². The van der Waals surface area contributed by atoms with E-state index < -0.39 is 17.7 Å². The molecule has 3 nitrogen and oxygen atoms in total. The molecule has 0 amide bonds. The standard InChI is InChI=1S/C15H19F2N3/c1-3-9-18-15(13-8-10-19-20(13)4-2)11-6-5-7-12(16)14(11)17/h5-8,10,15,18H,3-4,9H2,1-2H3. The first-order chi connectivity index (χ1) is 9.69. The molecule has 1 N–H and O–H groups in total. The monoisotopic (exact) mass is 279 g/mol. The van der Waals surface area contributed by atoms with E-state index in [4.69, 9.17) is 0 Å². The zero-order chi connectivity index (χ0) is 14.5. The molecule has 0 aliphatic carbocycles. The summed E-state index contributed by atoms with van der Waals surface area (Å²) in [7, 11) is 0. The van der Waals surface area contributed by atoms with Gasteiger partial charge in [0.15, 0.2) is 11.6 Å². The molecule has 0 bridgehead atoms. The molecule has 0 spiro atoms. The molecule has 0 radical (unpaired) electrons. The number of nitrogens with zero attached hydrogens (tertiary/aromatic N) is 2. The summed E-state index contributed by atoms with van der Waals surface area (Å²) in [5.74, 6) is -1.63. The highest BCUT2D eigenvalue weighted by Gasteiger charge is 2.22. The lowest BCUT2D eigenvalue weighted by Crippen LogP contribution is -2.26. The van der Waals surface area contributed by atoms with E-state index in [1.165, 1.54) is 6.07 Å². The summed E-state index contributed by atoms with van der Waals surface area (Å²) in [6.07, 6.45) is 2.59. The third-order valence-electron chi connectivity index (χ3n) is 3.24. The maximum Gasteiger partial charge on any atom is 0.163 e. The Morgan fingerprint density at radius 1 is 1.25 bits per heavy atom. The molecule has 0 saturated heterocycles. The van der Waals surface area contributed by atoms with Crippen molar-refractivity contribution in [3.8, 4) is 0 Å². The van der Waals surface area contributed by atoms with E-state index in [1.807, 2.05) is 19.9 Å². The van der Waals surface area contributed by atoms with Gasteiger partial charge in [0.1, 0.15) is 0 Å². The first-order valence-electron chi connectivity index (χ1n) is 6.88. The molecule has 0 aliphatic rings. The van der Waals surface area contributed by atoms with Crippen molar-refractivity contribution in [1.29, 1.82) is 0 Å². The molecule has 1 aromatic carbocycles. The summed E-state index contributed by atoms with van der Waals surface area (Å²) >= 11 is 0. The fourth-order valence-electron chi connectivity index (χ4n) is 2.26. The van der Waals surface area contributed by atoms with E-state index in [9.17, 15) is 8.78 Å². The second-order valence-corrected chi connectivity index (χ2v) is 4.60. The highest BCUT2D eigenvalue weighted by atomic mass is 19.2. The van der Waals surface area contributed by atoms with Crippen LogP contribution < -0.4 is 5.32 Å². The molecular weight excluding hydrogens is 260 g/mol. The van der Waals surface area contributed by atoms with Crippen LogP contribution in [-0.4, -0.2) is 16.3 Å². The Kier molecular flexibility index (Phi) is 4.84. The Morgan fingerprint density at radius 2 is 2.05 bits per heavy atom. The van der Waals surface area contributed by atoms with Gasteiger partial charge in [0.25, 0.3) is 0 Å². The van der Waals surface area contributed by atoms with Crippen LogP contribution in [0.25, 0.3) is 0 Å². The molecule has 0 saturated carbocycles.